The second-order valence-electron chi connectivity index (χ2n) is 2.96. The third-order valence-corrected chi connectivity index (χ3v) is 2.87. The highest BCUT2D eigenvalue weighted by molar-refractivity contribution is 7.94. The molecular weight excluding hydrogens is 168 g/mol. The second kappa shape index (κ2) is 3.97. The van der Waals surface area contributed by atoms with Gasteiger partial charge in [-0.2, -0.15) is 0 Å². The van der Waals surface area contributed by atoms with Crippen molar-refractivity contribution in [3.63, 3.8) is 0 Å². The molecule has 2 heteroatoms. The molecule has 0 N–H and O–H groups in total. The minimum Gasteiger partial charge on any atom is -0.307 e. The van der Waals surface area contributed by atoms with Crippen LogP contribution in [0.15, 0.2) is 30.3 Å². The summed E-state index contributed by atoms with van der Waals surface area (Å²) in [5.74, 6) is 1.14. The van der Waals surface area contributed by atoms with E-state index < -0.39 is 0 Å². The molecule has 1 heterocycles. The molecular formula is C10H12OS. The molecule has 1 aromatic carbocycles. The van der Waals surface area contributed by atoms with E-state index in [2.05, 4.69) is 24.3 Å². The highest BCUT2D eigenvalue weighted by Crippen LogP contribution is 2.32. The number of rotatable bonds is 1. The molecule has 1 nitrogen and oxygen atoms in total. The van der Waals surface area contributed by atoms with Gasteiger partial charge in [0.15, 0.2) is 0 Å². The molecule has 0 amide bonds. The maximum absolute atomic E-state index is 5.58. The van der Waals surface area contributed by atoms with Crippen LogP contribution in [0.3, 0.4) is 0 Å². The van der Waals surface area contributed by atoms with E-state index in [1.807, 2.05) is 6.07 Å². The van der Waals surface area contributed by atoms with Crippen molar-refractivity contribution in [1.29, 1.82) is 0 Å². The van der Waals surface area contributed by atoms with Gasteiger partial charge in [-0.1, -0.05) is 30.3 Å². The molecule has 2 rings (SSSR count). The number of benzene rings is 1. The predicted octanol–water partition coefficient (Wildman–Crippen LogP) is 3.19. The van der Waals surface area contributed by atoms with E-state index in [0.717, 1.165) is 12.2 Å². The van der Waals surface area contributed by atoms with Gasteiger partial charge in [-0.05, 0) is 30.4 Å². The van der Waals surface area contributed by atoms with Gasteiger partial charge in [-0.25, -0.2) is 0 Å². The molecule has 0 spiro atoms. The zero-order valence-corrected chi connectivity index (χ0v) is 7.72. The summed E-state index contributed by atoms with van der Waals surface area (Å²) in [7, 11) is 0. The average molecular weight is 180 g/mol. The van der Waals surface area contributed by atoms with Crippen LogP contribution < -0.4 is 0 Å². The highest BCUT2D eigenvalue weighted by atomic mass is 32.2. The third kappa shape index (κ3) is 1.82. The van der Waals surface area contributed by atoms with Gasteiger partial charge in [0.25, 0.3) is 0 Å². The maximum Gasteiger partial charge on any atom is 0.0972 e. The molecule has 0 aromatic heterocycles. The van der Waals surface area contributed by atoms with E-state index in [1.54, 1.807) is 12.0 Å². The summed E-state index contributed by atoms with van der Waals surface area (Å²) < 4.78 is 5.58. The fraction of sp³-hybridized carbons (Fsp3) is 0.400. The Balaban J connectivity index is 2.08. The highest BCUT2D eigenvalue weighted by Gasteiger charge is 2.15. The molecule has 0 bridgehead atoms. The Bertz CT molecular complexity index is 229. The normalized spacial score (nSPS) is 23.8. The van der Waals surface area contributed by atoms with Crippen molar-refractivity contribution in [1.82, 2.24) is 0 Å². The van der Waals surface area contributed by atoms with E-state index in [9.17, 15) is 0 Å². The fourth-order valence-corrected chi connectivity index (χ4v) is 2.15. The largest absolute Gasteiger partial charge is 0.307 e. The molecule has 1 aromatic rings. The van der Waals surface area contributed by atoms with Crippen LogP contribution in [0.4, 0.5) is 0 Å². The van der Waals surface area contributed by atoms with Crippen LogP contribution in [0.25, 0.3) is 0 Å². The first-order valence-corrected chi connectivity index (χ1v) is 5.21. The molecule has 1 aliphatic heterocycles. The van der Waals surface area contributed by atoms with Crippen molar-refractivity contribution in [2.45, 2.75) is 18.9 Å². The van der Waals surface area contributed by atoms with Crippen molar-refractivity contribution < 1.29 is 4.18 Å². The molecule has 12 heavy (non-hydrogen) atoms. The molecule has 0 saturated carbocycles. The molecule has 0 radical (unpaired) electrons. The fourth-order valence-electron chi connectivity index (χ4n) is 1.40. The van der Waals surface area contributed by atoms with Crippen LogP contribution in [0.2, 0.25) is 0 Å². The lowest BCUT2D eigenvalue weighted by Gasteiger charge is -2.21. The van der Waals surface area contributed by atoms with E-state index in [0.29, 0.717) is 6.10 Å². The lowest BCUT2D eigenvalue weighted by molar-refractivity contribution is 0.220. The van der Waals surface area contributed by atoms with E-state index >= 15 is 0 Å². The average Bonchev–Trinajstić information content (AvgIpc) is 2.21. The molecule has 0 aliphatic carbocycles. The Labute approximate surface area is 77.3 Å². The Morgan fingerprint density at radius 3 is 2.75 bits per heavy atom. The molecule has 1 atom stereocenters. The van der Waals surface area contributed by atoms with Crippen LogP contribution in [-0.4, -0.2) is 5.75 Å². The van der Waals surface area contributed by atoms with Gasteiger partial charge in [-0.15, -0.1) is 0 Å². The summed E-state index contributed by atoms with van der Waals surface area (Å²) >= 11 is 1.60. The Morgan fingerprint density at radius 1 is 1.25 bits per heavy atom. The van der Waals surface area contributed by atoms with Crippen molar-refractivity contribution in [2.24, 2.45) is 0 Å². The quantitative estimate of drug-likeness (QED) is 0.614. The zero-order valence-electron chi connectivity index (χ0n) is 6.90. The van der Waals surface area contributed by atoms with Crippen molar-refractivity contribution in [2.75, 3.05) is 5.75 Å². The van der Waals surface area contributed by atoms with Gasteiger partial charge in [0, 0.05) is 5.75 Å². The molecule has 1 saturated heterocycles. The van der Waals surface area contributed by atoms with Gasteiger partial charge in [0.05, 0.1) is 6.10 Å². The van der Waals surface area contributed by atoms with Gasteiger partial charge in [-0.3, -0.25) is 0 Å². The standard InChI is InChI=1S/C10H12OS/c1-2-5-9(6-3-1)10-7-4-8-12-11-10/h1-3,5-6,10H,4,7-8H2. The zero-order chi connectivity index (χ0) is 8.23. The van der Waals surface area contributed by atoms with Crippen molar-refractivity contribution >= 4 is 12.0 Å². The topological polar surface area (TPSA) is 9.23 Å². The lowest BCUT2D eigenvalue weighted by atomic mass is 10.1. The van der Waals surface area contributed by atoms with Crippen molar-refractivity contribution in [3.8, 4) is 0 Å². The van der Waals surface area contributed by atoms with Crippen molar-refractivity contribution in [3.05, 3.63) is 35.9 Å². The maximum atomic E-state index is 5.58. The van der Waals surface area contributed by atoms with Crippen LogP contribution in [0.1, 0.15) is 24.5 Å². The Kier molecular flexibility index (Phi) is 2.69. The minimum absolute atomic E-state index is 0.324. The Hall–Kier alpha value is -0.470. The number of hydrogen-bond acceptors (Lipinski definition) is 2. The lowest BCUT2D eigenvalue weighted by Crippen LogP contribution is -2.05. The summed E-state index contributed by atoms with van der Waals surface area (Å²) in [6.45, 7) is 0. The van der Waals surface area contributed by atoms with Gasteiger partial charge < -0.3 is 4.18 Å². The molecule has 1 fully saturated rings. The van der Waals surface area contributed by atoms with Gasteiger partial charge in [0.1, 0.15) is 0 Å². The first-order valence-electron chi connectivity index (χ1n) is 4.30. The first-order chi connectivity index (χ1) is 5.97. The van der Waals surface area contributed by atoms with E-state index in [-0.39, 0.29) is 0 Å². The molecule has 1 aliphatic rings. The predicted molar refractivity (Wildman–Crippen MR) is 52.0 cm³/mol. The van der Waals surface area contributed by atoms with Gasteiger partial charge in [0.2, 0.25) is 0 Å². The smallest absolute Gasteiger partial charge is 0.0972 e. The Morgan fingerprint density at radius 2 is 2.08 bits per heavy atom. The summed E-state index contributed by atoms with van der Waals surface area (Å²) in [4.78, 5) is 0. The van der Waals surface area contributed by atoms with Crippen LogP contribution in [0.5, 0.6) is 0 Å². The molecule has 1 unspecified atom stereocenters. The van der Waals surface area contributed by atoms with Crippen LogP contribution >= 0.6 is 12.0 Å². The van der Waals surface area contributed by atoms with Gasteiger partial charge >= 0.3 is 0 Å². The van der Waals surface area contributed by atoms with Crippen LogP contribution in [-0.2, 0) is 4.18 Å². The summed E-state index contributed by atoms with van der Waals surface area (Å²) in [5.41, 5.74) is 1.31. The SMILES string of the molecule is c1ccc(C2CCCSO2)cc1. The van der Waals surface area contributed by atoms with E-state index in [1.165, 1.54) is 12.0 Å². The third-order valence-electron chi connectivity index (χ3n) is 2.05. The minimum atomic E-state index is 0.324. The second-order valence-corrected chi connectivity index (χ2v) is 3.80. The first kappa shape index (κ1) is 8.14. The van der Waals surface area contributed by atoms with Crippen LogP contribution in [0, 0.1) is 0 Å². The summed E-state index contributed by atoms with van der Waals surface area (Å²) in [6, 6.07) is 10.4. The van der Waals surface area contributed by atoms with E-state index in [4.69, 9.17) is 4.18 Å². The summed E-state index contributed by atoms with van der Waals surface area (Å²) in [6.07, 6.45) is 2.76. The number of hydrogen-bond donors (Lipinski definition) is 0. The molecule has 64 valence electrons. The summed E-state index contributed by atoms with van der Waals surface area (Å²) in [5, 5.41) is 0. The monoisotopic (exact) mass is 180 g/mol.